The van der Waals surface area contributed by atoms with Gasteiger partial charge in [-0.25, -0.2) is 15.0 Å². The second-order valence-electron chi connectivity index (χ2n) is 8.29. The Morgan fingerprint density at radius 1 is 1.09 bits per heavy atom. The minimum atomic E-state index is 0.0275. The van der Waals surface area contributed by atoms with Crippen molar-refractivity contribution in [3.63, 3.8) is 0 Å². The molecule has 0 bridgehead atoms. The lowest BCUT2D eigenvalue weighted by atomic mass is 10.1. The van der Waals surface area contributed by atoms with E-state index in [-0.39, 0.29) is 11.8 Å². The molecule has 1 aliphatic carbocycles. The number of pyridine rings is 3. The number of aromatic nitrogens is 3. The summed E-state index contributed by atoms with van der Waals surface area (Å²) in [7, 11) is 1.82. The molecule has 32 heavy (non-hydrogen) atoms. The molecule has 1 saturated heterocycles. The molecule has 1 saturated carbocycles. The van der Waals surface area contributed by atoms with Crippen LogP contribution in [-0.4, -0.2) is 40.6 Å². The highest BCUT2D eigenvalue weighted by Gasteiger charge is 2.29. The first-order valence-corrected chi connectivity index (χ1v) is 11.1. The van der Waals surface area contributed by atoms with Gasteiger partial charge in [0.1, 0.15) is 17.3 Å². The summed E-state index contributed by atoms with van der Waals surface area (Å²) in [5.41, 5.74) is 2.62. The highest BCUT2D eigenvalue weighted by Crippen LogP contribution is 2.31. The van der Waals surface area contributed by atoms with E-state index >= 15 is 0 Å². The maximum atomic E-state index is 12.1. The van der Waals surface area contributed by atoms with Crippen molar-refractivity contribution >= 4 is 28.3 Å². The van der Waals surface area contributed by atoms with Crippen molar-refractivity contribution in [1.82, 2.24) is 15.0 Å². The molecule has 0 aromatic carbocycles. The first-order chi connectivity index (χ1) is 15.7. The van der Waals surface area contributed by atoms with Crippen molar-refractivity contribution in [2.75, 3.05) is 24.3 Å². The number of nitrogens with zero attached hydrogens (tertiary/aromatic N) is 3. The molecule has 5 rings (SSSR count). The summed E-state index contributed by atoms with van der Waals surface area (Å²) >= 11 is 0. The van der Waals surface area contributed by atoms with Crippen molar-refractivity contribution in [2.45, 2.75) is 38.2 Å². The van der Waals surface area contributed by atoms with E-state index in [0.29, 0.717) is 17.6 Å². The van der Waals surface area contributed by atoms with Crippen molar-refractivity contribution in [3.8, 4) is 11.8 Å². The highest BCUT2D eigenvalue weighted by molar-refractivity contribution is 5.99. The molecule has 1 atom stereocenters. The van der Waals surface area contributed by atoms with E-state index < -0.39 is 0 Å². The number of rotatable bonds is 5. The van der Waals surface area contributed by atoms with Crippen LogP contribution in [-0.2, 0) is 16.0 Å². The van der Waals surface area contributed by atoms with Gasteiger partial charge in [-0.1, -0.05) is 12.0 Å². The molecular weight excluding hydrogens is 402 g/mol. The van der Waals surface area contributed by atoms with Gasteiger partial charge in [-0.2, -0.15) is 0 Å². The normalized spacial score (nSPS) is 17.6. The van der Waals surface area contributed by atoms with Crippen LogP contribution in [0, 0.1) is 17.8 Å². The summed E-state index contributed by atoms with van der Waals surface area (Å²) in [6.45, 7) is 0.859. The zero-order valence-electron chi connectivity index (χ0n) is 18.0. The van der Waals surface area contributed by atoms with Gasteiger partial charge in [0, 0.05) is 55.4 Å². The number of ether oxygens (including phenoxy) is 1. The Balaban J connectivity index is 1.40. The maximum absolute atomic E-state index is 12.1. The smallest absolute Gasteiger partial charge is 0.228 e. The van der Waals surface area contributed by atoms with E-state index in [0.717, 1.165) is 66.4 Å². The molecule has 2 aliphatic rings. The Kier molecular flexibility index (Phi) is 5.70. The summed E-state index contributed by atoms with van der Waals surface area (Å²) in [6.07, 6.45) is 10.7. The molecule has 1 amide bonds. The first-order valence-electron chi connectivity index (χ1n) is 11.1. The Morgan fingerprint density at radius 2 is 2.00 bits per heavy atom. The van der Waals surface area contributed by atoms with Crippen molar-refractivity contribution in [1.29, 1.82) is 0 Å². The zero-order valence-corrected chi connectivity index (χ0v) is 18.0. The molecule has 0 radical (unpaired) electrons. The quantitative estimate of drug-likeness (QED) is 0.606. The Bertz CT molecular complexity index is 1200. The molecule has 2 fully saturated rings. The van der Waals surface area contributed by atoms with Gasteiger partial charge in [-0.15, -0.1) is 0 Å². The van der Waals surface area contributed by atoms with E-state index in [1.807, 2.05) is 25.4 Å². The van der Waals surface area contributed by atoms with Crippen LogP contribution in [0.4, 0.5) is 11.6 Å². The number of fused-ring (bicyclic) bond motifs is 1. The molecule has 1 unspecified atom stereocenters. The topological polar surface area (TPSA) is 89.0 Å². The van der Waals surface area contributed by atoms with Crippen LogP contribution in [0.25, 0.3) is 10.8 Å². The van der Waals surface area contributed by atoms with Crippen LogP contribution >= 0.6 is 0 Å². The maximum Gasteiger partial charge on any atom is 0.228 e. The number of amides is 1. The highest BCUT2D eigenvalue weighted by atomic mass is 16.5. The van der Waals surface area contributed by atoms with Crippen molar-refractivity contribution in [2.24, 2.45) is 5.92 Å². The first kappa shape index (κ1) is 20.4. The van der Waals surface area contributed by atoms with Gasteiger partial charge in [-0.05, 0) is 49.3 Å². The predicted molar refractivity (Wildman–Crippen MR) is 123 cm³/mol. The Hall–Kier alpha value is -3.50. The summed E-state index contributed by atoms with van der Waals surface area (Å²) in [4.78, 5) is 25.5. The number of hydrogen-bond donors (Lipinski definition) is 2. The molecule has 2 N–H and O–H groups in total. The molecule has 4 heterocycles. The van der Waals surface area contributed by atoms with Crippen LogP contribution in [0.3, 0.4) is 0 Å². The van der Waals surface area contributed by atoms with Gasteiger partial charge in [-0.3, -0.25) is 4.79 Å². The second kappa shape index (κ2) is 8.93. The van der Waals surface area contributed by atoms with E-state index in [9.17, 15) is 4.79 Å². The van der Waals surface area contributed by atoms with E-state index in [4.69, 9.17) is 4.74 Å². The van der Waals surface area contributed by atoms with E-state index in [2.05, 4.69) is 43.5 Å². The van der Waals surface area contributed by atoms with Crippen LogP contribution in [0.5, 0.6) is 0 Å². The third-order valence-corrected chi connectivity index (χ3v) is 5.85. The monoisotopic (exact) mass is 427 g/mol. The number of anilines is 2. The third kappa shape index (κ3) is 4.56. The van der Waals surface area contributed by atoms with Gasteiger partial charge >= 0.3 is 0 Å². The fourth-order valence-electron chi connectivity index (χ4n) is 3.89. The molecule has 162 valence electrons. The molecule has 7 heteroatoms. The average molecular weight is 428 g/mol. The summed E-state index contributed by atoms with van der Waals surface area (Å²) in [5, 5.41) is 7.73. The van der Waals surface area contributed by atoms with Crippen LogP contribution in [0.1, 0.15) is 42.5 Å². The largest absolute Gasteiger partial charge is 0.378 e. The lowest BCUT2D eigenvalue weighted by Crippen LogP contribution is -2.14. The van der Waals surface area contributed by atoms with Crippen molar-refractivity contribution < 1.29 is 9.53 Å². The van der Waals surface area contributed by atoms with E-state index in [1.54, 1.807) is 12.4 Å². The number of carbonyl (C=O) groups is 1. The minimum absolute atomic E-state index is 0.0275. The summed E-state index contributed by atoms with van der Waals surface area (Å²) < 4.78 is 5.70. The summed E-state index contributed by atoms with van der Waals surface area (Å²) in [5.74, 6) is 7.73. The lowest BCUT2D eigenvalue weighted by Gasteiger charge is -2.09. The summed E-state index contributed by atoms with van der Waals surface area (Å²) in [6, 6.07) is 5.87. The molecule has 1 aliphatic heterocycles. The molecule has 3 aromatic heterocycles. The number of nitrogens with one attached hydrogen (secondary N) is 2. The van der Waals surface area contributed by atoms with Gasteiger partial charge in [0.25, 0.3) is 0 Å². The Labute approximate surface area is 187 Å². The van der Waals surface area contributed by atoms with Gasteiger partial charge < -0.3 is 15.4 Å². The molecule has 3 aromatic rings. The number of carbonyl (C=O) groups excluding carboxylic acids is 1. The van der Waals surface area contributed by atoms with Gasteiger partial charge in [0.05, 0.1) is 11.7 Å². The van der Waals surface area contributed by atoms with Gasteiger partial charge in [0.2, 0.25) is 5.91 Å². The lowest BCUT2D eigenvalue weighted by molar-refractivity contribution is -0.117. The van der Waals surface area contributed by atoms with Crippen LogP contribution in [0.2, 0.25) is 0 Å². The number of hydrogen-bond acceptors (Lipinski definition) is 6. The van der Waals surface area contributed by atoms with Crippen molar-refractivity contribution in [3.05, 3.63) is 53.6 Å². The fourth-order valence-corrected chi connectivity index (χ4v) is 3.89. The zero-order chi connectivity index (χ0) is 21.9. The standard InChI is InChI=1S/C25H25N5O2/c1-26-24-22-15-28-23(30-25(31)17-5-6-17)12-21(22)18(14-29-24)7-9-19-8-4-16(13-27-19)11-20-3-2-10-32-20/h4,8,12-15,17,20H,2-3,5-6,10-11H2,1H3,(H,26,29)(H,28,30,31). The fraction of sp³-hybridized carbons (Fsp3) is 0.360. The van der Waals surface area contributed by atoms with Crippen LogP contribution in [0.15, 0.2) is 36.8 Å². The molecular formula is C25H25N5O2. The minimum Gasteiger partial charge on any atom is -0.378 e. The van der Waals surface area contributed by atoms with E-state index in [1.165, 1.54) is 0 Å². The Morgan fingerprint density at radius 3 is 2.72 bits per heavy atom. The second-order valence-corrected chi connectivity index (χ2v) is 8.29. The molecule has 0 spiro atoms. The average Bonchev–Trinajstić information content (AvgIpc) is 3.55. The third-order valence-electron chi connectivity index (χ3n) is 5.85. The molecule has 7 nitrogen and oxygen atoms in total. The SMILES string of the molecule is CNc1ncc(C#Cc2ccc(CC3CCCO3)cn2)c2cc(NC(=O)C3CC3)ncc12. The predicted octanol–water partition coefficient (Wildman–Crippen LogP) is 3.54. The van der Waals surface area contributed by atoms with Crippen LogP contribution < -0.4 is 10.6 Å². The van der Waals surface area contributed by atoms with Gasteiger partial charge in [0.15, 0.2) is 0 Å².